The van der Waals surface area contributed by atoms with Crippen molar-refractivity contribution < 1.29 is 23.6 Å². The lowest BCUT2D eigenvalue weighted by atomic mass is 10.1. The molecule has 0 N–H and O–H groups in total. The molecule has 7 nitrogen and oxygen atoms in total. The second-order valence-electron chi connectivity index (χ2n) is 6.52. The Morgan fingerprint density at radius 2 is 1.75 bits per heavy atom. The predicted octanol–water partition coefficient (Wildman–Crippen LogP) is 2.51. The lowest BCUT2D eigenvalue weighted by Gasteiger charge is -2.30. The molecule has 2 heterocycles. The highest BCUT2D eigenvalue weighted by Crippen LogP contribution is 2.23. The first kappa shape index (κ1) is 18.2. The van der Waals surface area contributed by atoms with Gasteiger partial charge in [-0.1, -0.05) is 47.6 Å². The van der Waals surface area contributed by atoms with Gasteiger partial charge in [-0.3, -0.25) is 9.59 Å². The third kappa shape index (κ3) is 3.89. The van der Waals surface area contributed by atoms with Crippen LogP contribution in [-0.4, -0.2) is 48.2 Å². The maximum atomic E-state index is 13.0. The summed E-state index contributed by atoms with van der Waals surface area (Å²) in [4.78, 5) is 27.3. The number of benzene rings is 2. The van der Waals surface area contributed by atoms with Crippen LogP contribution in [0.5, 0.6) is 0 Å². The largest absolute Gasteiger partial charge is 0.447 e. The number of rotatable bonds is 5. The standard InChI is InChI=1S/C21H20N2O5/c24-19(14-17-16-8-4-5-9-18(16)28-22-17)27-20(15-6-2-1-3-7-15)21(25)23-10-12-26-13-11-23/h1-9,20H,10-14H2/t20-/m0/s1. The van der Waals surface area contributed by atoms with Gasteiger partial charge < -0.3 is 18.9 Å². The molecule has 4 rings (SSSR count). The monoisotopic (exact) mass is 380 g/mol. The Hall–Kier alpha value is -3.19. The SMILES string of the molecule is O=C(Cc1noc2ccccc12)O[C@H](C(=O)N1CCOCC1)c1ccccc1. The number of fused-ring (bicyclic) bond motifs is 1. The first-order valence-corrected chi connectivity index (χ1v) is 9.16. The Bertz CT molecular complexity index is 963. The molecular weight excluding hydrogens is 360 g/mol. The number of nitrogens with zero attached hydrogens (tertiary/aromatic N) is 2. The molecule has 28 heavy (non-hydrogen) atoms. The Balaban J connectivity index is 1.53. The maximum Gasteiger partial charge on any atom is 0.313 e. The fourth-order valence-corrected chi connectivity index (χ4v) is 3.21. The van der Waals surface area contributed by atoms with E-state index < -0.39 is 12.1 Å². The number of hydrogen-bond acceptors (Lipinski definition) is 6. The van der Waals surface area contributed by atoms with Crippen molar-refractivity contribution in [2.75, 3.05) is 26.3 Å². The van der Waals surface area contributed by atoms with Crippen LogP contribution in [0.15, 0.2) is 59.1 Å². The molecule has 144 valence electrons. The van der Waals surface area contributed by atoms with E-state index in [0.29, 0.717) is 43.1 Å². The van der Waals surface area contributed by atoms with Gasteiger partial charge in [0.15, 0.2) is 5.58 Å². The van der Waals surface area contributed by atoms with E-state index in [0.717, 1.165) is 5.39 Å². The molecule has 2 aromatic carbocycles. The van der Waals surface area contributed by atoms with Crippen LogP contribution in [0.3, 0.4) is 0 Å². The number of aromatic nitrogens is 1. The quantitative estimate of drug-likeness (QED) is 0.633. The van der Waals surface area contributed by atoms with Gasteiger partial charge in [-0.05, 0) is 12.1 Å². The number of carbonyl (C=O) groups is 2. The van der Waals surface area contributed by atoms with Crippen LogP contribution >= 0.6 is 0 Å². The first-order chi connectivity index (χ1) is 13.7. The zero-order chi connectivity index (χ0) is 19.3. The van der Waals surface area contributed by atoms with Crippen molar-refractivity contribution in [3.63, 3.8) is 0 Å². The fourth-order valence-electron chi connectivity index (χ4n) is 3.21. The van der Waals surface area contributed by atoms with Gasteiger partial charge in [0.1, 0.15) is 5.69 Å². The fraction of sp³-hybridized carbons (Fsp3) is 0.286. The van der Waals surface area contributed by atoms with Crippen molar-refractivity contribution in [2.45, 2.75) is 12.5 Å². The molecule has 0 aliphatic carbocycles. The molecule has 1 saturated heterocycles. The summed E-state index contributed by atoms with van der Waals surface area (Å²) in [6.45, 7) is 1.92. The number of para-hydroxylation sites is 1. The number of morpholine rings is 1. The summed E-state index contributed by atoms with van der Waals surface area (Å²) in [5, 5.41) is 4.72. The van der Waals surface area contributed by atoms with E-state index in [1.165, 1.54) is 0 Å². The highest BCUT2D eigenvalue weighted by molar-refractivity contribution is 5.87. The van der Waals surface area contributed by atoms with Gasteiger partial charge in [0.25, 0.3) is 5.91 Å². The van der Waals surface area contributed by atoms with E-state index in [1.54, 1.807) is 23.1 Å². The Morgan fingerprint density at radius 3 is 2.54 bits per heavy atom. The van der Waals surface area contributed by atoms with E-state index in [4.69, 9.17) is 14.0 Å². The van der Waals surface area contributed by atoms with Crippen molar-refractivity contribution in [3.05, 3.63) is 65.9 Å². The van der Waals surface area contributed by atoms with Gasteiger partial charge in [0.2, 0.25) is 6.10 Å². The molecule has 0 spiro atoms. The van der Waals surface area contributed by atoms with Crippen LogP contribution in [0, 0.1) is 0 Å². The second kappa shape index (κ2) is 8.22. The molecule has 1 amide bonds. The van der Waals surface area contributed by atoms with E-state index in [9.17, 15) is 9.59 Å². The molecule has 1 aromatic heterocycles. The van der Waals surface area contributed by atoms with E-state index in [2.05, 4.69) is 5.16 Å². The molecule has 1 atom stereocenters. The van der Waals surface area contributed by atoms with Gasteiger partial charge in [0.05, 0.1) is 19.6 Å². The highest BCUT2D eigenvalue weighted by atomic mass is 16.5. The van der Waals surface area contributed by atoms with Gasteiger partial charge in [0, 0.05) is 24.0 Å². The van der Waals surface area contributed by atoms with E-state index in [1.807, 2.05) is 36.4 Å². The summed E-state index contributed by atoms with van der Waals surface area (Å²) in [7, 11) is 0. The average Bonchev–Trinajstić information content (AvgIpc) is 3.15. The molecule has 0 radical (unpaired) electrons. The number of hydrogen-bond donors (Lipinski definition) is 0. The van der Waals surface area contributed by atoms with Crippen molar-refractivity contribution in [1.82, 2.24) is 10.1 Å². The molecule has 1 fully saturated rings. The van der Waals surface area contributed by atoms with Crippen LogP contribution in [0.1, 0.15) is 17.4 Å². The summed E-state index contributed by atoms with van der Waals surface area (Å²) in [5.74, 6) is -0.776. The van der Waals surface area contributed by atoms with Crippen LogP contribution in [-0.2, 0) is 25.5 Å². The zero-order valence-corrected chi connectivity index (χ0v) is 15.2. The summed E-state index contributed by atoms with van der Waals surface area (Å²) in [6.07, 6.45) is -1.07. The minimum atomic E-state index is -0.995. The topological polar surface area (TPSA) is 81.9 Å². The molecule has 3 aromatic rings. The van der Waals surface area contributed by atoms with E-state index >= 15 is 0 Å². The summed E-state index contributed by atoms with van der Waals surface area (Å²) < 4.78 is 16.2. The predicted molar refractivity (Wildman–Crippen MR) is 100 cm³/mol. The Labute approximate surface area is 161 Å². The van der Waals surface area contributed by atoms with E-state index in [-0.39, 0.29) is 12.3 Å². The van der Waals surface area contributed by atoms with Crippen molar-refractivity contribution in [2.24, 2.45) is 0 Å². The molecule has 7 heteroatoms. The minimum Gasteiger partial charge on any atom is -0.447 e. The highest BCUT2D eigenvalue weighted by Gasteiger charge is 2.30. The molecule has 0 unspecified atom stereocenters. The third-order valence-electron chi connectivity index (χ3n) is 4.66. The lowest BCUT2D eigenvalue weighted by molar-refractivity contribution is -0.162. The average molecular weight is 380 g/mol. The third-order valence-corrected chi connectivity index (χ3v) is 4.66. The molecule has 1 aliphatic rings. The molecule has 1 aliphatic heterocycles. The van der Waals surface area contributed by atoms with Crippen molar-refractivity contribution in [1.29, 1.82) is 0 Å². The summed E-state index contributed by atoms with van der Waals surface area (Å²) in [5.41, 5.74) is 1.73. The maximum absolute atomic E-state index is 13.0. The van der Waals surface area contributed by atoms with Gasteiger partial charge in [-0.25, -0.2) is 0 Å². The zero-order valence-electron chi connectivity index (χ0n) is 15.2. The Morgan fingerprint density at radius 1 is 1.04 bits per heavy atom. The van der Waals surface area contributed by atoms with Crippen LogP contribution in [0.25, 0.3) is 11.0 Å². The van der Waals surface area contributed by atoms with Crippen LogP contribution in [0.2, 0.25) is 0 Å². The second-order valence-corrected chi connectivity index (χ2v) is 6.52. The van der Waals surface area contributed by atoms with Crippen LogP contribution < -0.4 is 0 Å². The molecule has 0 saturated carbocycles. The van der Waals surface area contributed by atoms with Gasteiger partial charge in [-0.15, -0.1) is 0 Å². The number of amides is 1. The normalized spacial score (nSPS) is 15.4. The lowest BCUT2D eigenvalue weighted by Crippen LogP contribution is -2.44. The van der Waals surface area contributed by atoms with Crippen molar-refractivity contribution in [3.8, 4) is 0 Å². The minimum absolute atomic E-state index is 0.0727. The summed E-state index contributed by atoms with van der Waals surface area (Å²) in [6, 6.07) is 16.3. The number of ether oxygens (including phenoxy) is 2. The van der Waals surface area contributed by atoms with Crippen LogP contribution in [0.4, 0.5) is 0 Å². The smallest absolute Gasteiger partial charge is 0.313 e. The van der Waals surface area contributed by atoms with Gasteiger partial charge >= 0.3 is 5.97 Å². The van der Waals surface area contributed by atoms with Gasteiger partial charge in [-0.2, -0.15) is 0 Å². The Kier molecular flexibility index (Phi) is 5.34. The number of esters is 1. The first-order valence-electron chi connectivity index (χ1n) is 9.16. The number of carbonyl (C=O) groups excluding carboxylic acids is 2. The summed E-state index contributed by atoms with van der Waals surface area (Å²) >= 11 is 0. The van der Waals surface area contributed by atoms with Crippen molar-refractivity contribution >= 4 is 22.8 Å². The molecule has 0 bridgehead atoms. The molecular formula is C21H20N2O5.